The average Bonchev–Trinajstić information content (AvgIpc) is 3.38. The van der Waals surface area contributed by atoms with Crippen LogP contribution in [-0.4, -0.2) is 37.2 Å². The lowest BCUT2D eigenvalue weighted by Crippen LogP contribution is -2.30. The fourth-order valence-corrected chi connectivity index (χ4v) is 7.06. The zero-order valence-electron chi connectivity index (χ0n) is 45.9. The molecular formula is C66H102O6. The van der Waals surface area contributed by atoms with E-state index in [-0.39, 0.29) is 31.6 Å². The smallest absolute Gasteiger partial charge is 0.306 e. The number of carbonyl (C=O) groups excluding carboxylic acids is 3. The van der Waals surface area contributed by atoms with Gasteiger partial charge in [-0.15, -0.1) is 0 Å². The van der Waals surface area contributed by atoms with Gasteiger partial charge in [0.25, 0.3) is 0 Å². The molecule has 0 heterocycles. The molecule has 72 heavy (non-hydrogen) atoms. The monoisotopic (exact) mass is 991 g/mol. The Hall–Kier alpha value is -4.97. The lowest BCUT2D eigenvalue weighted by Gasteiger charge is -2.18. The molecule has 0 radical (unpaired) electrons. The summed E-state index contributed by atoms with van der Waals surface area (Å²) < 4.78 is 16.7. The maximum absolute atomic E-state index is 12.8. The highest BCUT2D eigenvalue weighted by Crippen LogP contribution is 2.12. The molecular weight excluding hydrogens is 889 g/mol. The molecule has 0 aliphatic heterocycles. The van der Waals surface area contributed by atoms with E-state index in [1.54, 1.807) is 0 Å². The van der Waals surface area contributed by atoms with E-state index in [9.17, 15) is 14.4 Å². The standard InChI is InChI=1S/C66H102O6/c1-4-7-10-13-16-19-22-24-26-28-30-31-32-33-34-35-37-38-40-42-44-47-50-53-56-59-65(68)71-62-63(61-70-64(67)58-55-52-49-46-21-18-15-12-9-6-3)72-66(69)60-57-54-51-48-45-43-41-39-36-29-27-25-23-20-17-14-11-8-5-2/h7-8,10-12,15-17,19-20,24-27,30-31,33-34,36-39,43,45,51,54,63H,4-6,9,13-14,18,21-23,28-29,32,35,40-42,44,46-50,52-53,55-62H2,1-3H3/b10-7-,11-8-,15-12-,19-16-,20-17-,26-24-,27-25-,31-30-,34-33-,38-37-,39-36-,45-43-,54-51-. The van der Waals surface area contributed by atoms with Crippen molar-refractivity contribution in [3.63, 3.8) is 0 Å². The number of hydrogen-bond donors (Lipinski definition) is 0. The van der Waals surface area contributed by atoms with Crippen molar-refractivity contribution in [1.82, 2.24) is 0 Å². The summed E-state index contributed by atoms with van der Waals surface area (Å²) in [5.74, 6) is -1.05. The highest BCUT2D eigenvalue weighted by molar-refractivity contribution is 5.71. The van der Waals surface area contributed by atoms with Crippen LogP contribution in [0.3, 0.4) is 0 Å². The van der Waals surface area contributed by atoms with E-state index in [4.69, 9.17) is 14.2 Å². The van der Waals surface area contributed by atoms with Crippen molar-refractivity contribution in [3.05, 3.63) is 158 Å². The van der Waals surface area contributed by atoms with Crippen LogP contribution in [0.1, 0.15) is 220 Å². The summed E-state index contributed by atoms with van der Waals surface area (Å²) >= 11 is 0. The highest BCUT2D eigenvalue weighted by atomic mass is 16.6. The second-order valence-electron chi connectivity index (χ2n) is 18.1. The Morgan fingerprint density at radius 3 is 0.917 bits per heavy atom. The Kier molecular flexibility index (Phi) is 54.6. The molecule has 0 aromatic carbocycles. The first-order chi connectivity index (χ1) is 35.5. The van der Waals surface area contributed by atoms with Crippen LogP contribution < -0.4 is 0 Å². The number of carbonyl (C=O) groups is 3. The van der Waals surface area contributed by atoms with Crippen LogP contribution in [0.25, 0.3) is 0 Å². The van der Waals surface area contributed by atoms with Gasteiger partial charge < -0.3 is 14.2 Å². The second-order valence-corrected chi connectivity index (χ2v) is 18.1. The molecule has 0 spiro atoms. The summed E-state index contributed by atoms with van der Waals surface area (Å²) in [6.45, 7) is 6.24. The van der Waals surface area contributed by atoms with Crippen LogP contribution >= 0.6 is 0 Å². The van der Waals surface area contributed by atoms with Crippen molar-refractivity contribution in [1.29, 1.82) is 0 Å². The van der Waals surface area contributed by atoms with Crippen molar-refractivity contribution in [2.45, 2.75) is 226 Å². The summed E-state index contributed by atoms with van der Waals surface area (Å²) in [5.41, 5.74) is 0. The number of hydrogen-bond acceptors (Lipinski definition) is 6. The summed E-state index contributed by atoms with van der Waals surface area (Å²) in [7, 11) is 0. The molecule has 0 N–H and O–H groups in total. The lowest BCUT2D eigenvalue weighted by atomic mass is 10.1. The quantitative estimate of drug-likeness (QED) is 0.0262. The third kappa shape index (κ3) is 56.0. The Balaban J connectivity index is 4.47. The van der Waals surface area contributed by atoms with Crippen molar-refractivity contribution in [2.24, 2.45) is 0 Å². The molecule has 0 saturated heterocycles. The Bertz CT molecular complexity index is 1660. The predicted molar refractivity (Wildman–Crippen MR) is 311 cm³/mol. The molecule has 0 aromatic heterocycles. The maximum Gasteiger partial charge on any atom is 0.306 e. The van der Waals surface area contributed by atoms with Crippen molar-refractivity contribution in [2.75, 3.05) is 13.2 Å². The zero-order chi connectivity index (χ0) is 52.2. The van der Waals surface area contributed by atoms with Crippen LogP contribution in [0.15, 0.2) is 158 Å². The maximum atomic E-state index is 12.8. The minimum absolute atomic E-state index is 0.125. The predicted octanol–water partition coefficient (Wildman–Crippen LogP) is 19.4. The first-order valence-corrected chi connectivity index (χ1v) is 28.5. The lowest BCUT2D eigenvalue weighted by molar-refractivity contribution is -0.166. The molecule has 0 aliphatic carbocycles. The van der Waals surface area contributed by atoms with Gasteiger partial charge in [0.1, 0.15) is 13.2 Å². The Morgan fingerprint density at radius 2 is 0.569 bits per heavy atom. The largest absolute Gasteiger partial charge is 0.462 e. The SMILES string of the molecule is CC/C=C\C/C=C\C/C=C\C/C=C\C/C=C\C/C=C\CCCCCCCCC(=O)OCC(COC(=O)CCCCCCC/C=C\CCC)OC(=O)CC/C=C\C/C=C\C/C=C\C/C=C\C/C=C\C/C=C\CC. The van der Waals surface area contributed by atoms with Crippen LogP contribution in [0, 0.1) is 0 Å². The molecule has 0 bridgehead atoms. The highest BCUT2D eigenvalue weighted by Gasteiger charge is 2.19. The van der Waals surface area contributed by atoms with Crippen LogP contribution in [0.4, 0.5) is 0 Å². The van der Waals surface area contributed by atoms with Crippen molar-refractivity contribution < 1.29 is 28.6 Å². The number of esters is 3. The fourth-order valence-electron chi connectivity index (χ4n) is 7.06. The molecule has 0 amide bonds. The second kappa shape index (κ2) is 58.6. The molecule has 1 atom stereocenters. The minimum Gasteiger partial charge on any atom is -0.462 e. The van der Waals surface area contributed by atoms with E-state index >= 15 is 0 Å². The van der Waals surface area contributed by atoms with Gasteiger partial charge >= 0.3 is 17.9 Å². The minimum atomic E-state index is -0.836. The van der Waals surface area contributed by atoms with Gasteiger partial charge in [-0.3, -0.25) is 14.4 Å². The summed E-state index contributed by atoms with van der Waals surface area (Å²) in [4.78, 5) is 38.0. The third-order valence-corrected chi connectivity index (χ3v) is 11.2. The first-order valence-electron chi connectivity index (χ1n) is 28.5. The number of rotatable bonds is 49. The molecule has 0 aromatic rings. The number of ether oxygens (including phenoxy) is 3. The van der Waals surface area contributed by atoms with Gasteiger partial charge in [-0.1, -0.05) is 230 Å². The molecule has 0 rings (SSSR count). The van der Waals surface area contributed by atoms with Crippen LogP contribution in [0.2, 0.25) is 0 Å². The number of unbranched alkanes of at least 4 members (excludes halogenated alkanes) is 12. The van der Waals surface area contributed by atoms with Gasteiger partial charge in [0.05, 0.1) is 0 Å². The Labute approximate surface area is 441 Å². The third-order valence-electron chi connectivity index (χ3n) is 11.2. The Morgan fingerprint density at radius 1 is 0.292 bits per heavy atom. The van der Waals surface area contributed by atoms with Crippen molar-refractivity contribution in [3.8, 4) is 0 Å². The van der Waals surface area contributed by atoms with Gasteiger partial charge in [-0.05, 0) is 128 Å². The van der Waals surface area contributed by atoms with Crippen LogP contribution in [-0.2, 0) is 28.6 Å². The molecule has 0 aliphatic rings. The van der Waals surface area contributed by atoms with E-state index in [0.29, 0.717) is 19.3 Å². The van der Waals surface area contributed by atoms with Gasteiger partial charge in [-0.25, -0.2) is 0 Å². The van der Waals surface area contributed by atoms with Crippen LogP contribution in [0.5, 0.6) is 0 Å². The van der Waals surface area contributed by atoms with Gasteiger partial charge in [-0.2, -0.15) is 0 Å². The molecule has 0 saturated carbocycles. The summed E-state index contributed by atoms with van der Waals surface area (Å²) in [6.07, 6.45) is 85.4. The molecule has 1 unspecified atom stereocenters. The van der Waals surface area contributed by atoms with Gasteiger partial charge in [0.2, 0.25) is 0 Å². The molecule has 0 fully saturated rings. The van der Waals surface area contributed by atoms with E-state index in [2.05, 4.69) is 167 Å². The topological polar surface area (TPSA) is 78.9 Å². The first kappa shape index (κ1) is 67.0. The van der Waals surface area contributed by atoms with E-state index in [1.807, 2.05) is 12.2 Å². The van der Waals surface area contributed by atoms with Gasteiger partial charge in [0, 0.05) is 19.3 Å². The molecule has 6 heteroatoms. The van der Waals surface area contributed by atoms with E-state index in [1.165, 1.54) is 25.7 Å². The molecule has 402 valence electrons. The van der Waals surface area contributed by atoms with Gasteiger partial charge in [0.15, 0.2) is 6.10 Å². The van der Waals surface area contributed by atoms with E-state index in [0.717, 1.165) is 148 Å². The van der Waals surface area contributed by atoms with E-state index < -0.39 is 12.1 Å². The summed E-state index contributed by atoms with van der Waals surface area (Å²) in [5, 5.41) is 0. The number of allylic oxidation sites excluding steroid dienone is 26. The normalized spacial score (nSPS) is 13.3. The molecule has 6 nitrogen and oxygen atoms in total. The fraction of sp³-hybridized carbons (Fsp3) is 0.561. The average molecular weight is 992 g/mol. The zero-order valence-corrected chi connectivity index (χ0v) is 45.9. The van der Waals surface area contributed by atoms with Crippen molar-refractivity contribution >= 4 is 17.9 Å². The summed E-state index contributed by atoms with van der Waals surface area (Å²) in [6, 6.07) is 0.